The van der Waals surface area contributed by atoms with Crippen LogP contribution in [-0.2, 0) is 17.9 Å². The number of carbonyl (C=O) groups excluding carboxylic acids is 1. The van der Waals surface area contributed by atoms with Crippen LogP contribution in [0, 0.1) is 0 Å². The molecule has 1 aromatic carbocycles. The van der Waals surface area contributed by atoms with Crippen molar-refractivity contribution < 1.29 is 4.79 Å². The van der Waals surface area contributed by atoms with E-state index < -0.39 is 6.04 Å². The lowest BCUT2D eigenvalue weighted by molar-refractivity contribution is -0.122. The van der Waals surface area contributed by atoms with Crippen LogP contribution in [0.15, 0.2) is 24.3 Å². The molecule has 94 valence electrons. The van der Waals surface area contributed by atoms with Gasteiger partial charge in [0.2, 0.25) is 5.91 Å². The van der Waals surface area contributed by atoms with Crippen molar-refractivity contribution in [3.05, 3.63) is 35.4 Å². The van der Waals surface area contributed by atoms with E-state index in [0.717, 1.165) is 12.1 Å². The van der Waals surface area contributed by atoms with Crippen molar-refractivity contribution in [1.29, 1.82) is 0 Å². The fraction of sp³-hybridized carbons (Fsp3) is 0.462. The second-order valence-corrected chi connectivity index (χ2v) is 4.56. The number of hydrogen-bond donors (Lipinski definition) is 2. The summed E-state index contributed by atoms with van der Waals surface area (Å²) >= 11 is 0. The molecule has 0 unspecified atom stereocenters. The molecule has 0 bridgehead atoms. The lowest BCUT2D eigenvalue weighted by Gasteiger charge is -2.11. The van der Waals surface area contributed by atoms with Gasteiger partial charge >= 0.3 is 0 Å². The maximum Gasteiger partial charge on any atom is 0.236 e. The largest absolute Gasteiger partial charge is 0.351 e. The number of benzene rings is 1. The highest BCUT2D eigenvalue weighted by Gasteiger charge is 2.05. The Hall–Kier alpha value is -1.39. The van der Waals surface area contributed by atoms with E-state index in [1.165, 1.54) is 5.56 Å². The number of carbonyl (C=O) groups is 1. The molecular formula is C13H21N3O. The molecule has 0 fully saturated rings. The van der Waals surface area contributed by atoms with Crippen molar-refractivity contribution in [2.75, 3.05) is 14.1 Å². The van der Waals surface area contributed by atoms with Gasteiger partial charge in [0.15, 0.2) is 0 Å². The Labute approximate surface area is 103 Å². The van der Waals surface area contributed by atoms with Crippen molar-refractivity contribution in [2.45, 2.75) is 26.1 Å². The Morgan fingerprint density at radius 1 is 1.29 bits per heavy atom. The summed E-state index contributed by atoms with van der Waals surface area (Å²) in [6.45, 7) is 3.13. The van der Waals surface area contributed by atoms with E-state index in [9.17, 15) is 4.79 Å². The van der Waals surface area contributed by atoms with Crippen LogP contribution < -0.4 is 11.1 Å². The van der Waals surface area contributed by atoms with E-state index >= 15 is 0 Å². The van der Waals surface area contributed by atoms with E-state index in [1.807, 2.05) is 26.2 Å². The van der Waals surface area contributed by atoms with Crippen LogP contribution in [0.1, 0.15) is 18.1 Å². The van der Waals surface area contributed by atoms with Crippen molar-refractivity contribution >= 4 is 5.91 Å². The zero-order valence-corrected chi connectivity index (χ0v) is 10.7. The molecule has 4 nitrogen and oxygen atoms in total. The minimum absolute atomic E-state index is 0.123. The Bertz CT molecular complexity index is 357. The summed E-state index contributed by atoms with van der Waals surface area (Å²) in [7, 11) is 4.08. The normalized spacial score (nSPS) is 12.5. The van der Waals surface area contributed by atoms with E-state index in [2.05, 4.69) is 22.3 Å². The van der Waals surface area contributed by atoms with Crippen LogP contribution in [0.25, 0.3) is 0 Å². The first-order valence-corrected chi connectivity index (χ1v) is 5.75. The SMILES string of the molecule is C[C@@H](N)C(=O)NCc1ccc(CN(C)C)cc1. The third kappa shape index (κ3) is 4.97. The molecule has 17 heavy (non-hydrogen) atoms. The molecule has 1 aromatic rings. The number of nitrogens with two attached hydrogens (primary N) is 1. The summed E-state index contributed by atoms with van der Waals surface area (Å²) in [5.74, 6) is -0.123. The van der Waals surface area contributed by atoms with Crippen molar-refractivity contribution in [3.8, 4) is 0 Å². The molecule has 1 amide bonds. The van der Waals surface area contributed by atoms with Gasteiger partial charge in [-0.3, -0.25) is 4.79 Å². The molecule has 0 heterocycles. The highest BCUT2D eigenvalue weighted by Crippen LogP contribution is 2.05. The lowest BCUT2D eigenvalue weighted by atomic mass is 10.1. The third-order valence-corrected chi connectivity index (χ3v) is 2.40. The van der Waals surface area contributed by atoms with E-state index in [0.29, 0.717) is 6.54 Å². The second kappa shape index (κ2) is 6.37. The fourth-order valence-corrected chi connectivity index (χ4v) is 1.48. The van der Waals surface area contributed by atoms with Crippen molar-refractivity contribution in [3.63, 3.8) is 0 Å². The van der Waals surface area contributed by atoms with Gasteiger partial charge in [-0.05, 0) is 32.1 Å². The van der Waals surface area contributed by atoms with Crippen LogP contribution in [-0.4, -0.2) is 30.9 Å². The molecule has 0 aromatic heterocycles. The first-order valence-electron chi connectivity index (χ1n) is 5.75. The summed E-state index contributed by atoms with van der Waals surface area (Å²) in [5, 5.41) is 2.78. The van der Waals surface area contributed by atoms with E-state index in [-0.39, 0.29) is 5.91 Å². The van der Waals surface area contributed by atoms with Crippen molar-refractivity contribution in [1.82, 2.24) is 10.2 Å². The summed E-state index contributed by atoms with van der Waals surface area (Å²) in [5.41, 5.74) is 7.81. The predicted molar refractivity (Wildman–Crippen MR) is 69.3 cm³/mol. The minimum atomic E-state index is -0.456. The van der Waals surface area contributed by atoms with Gasteiger partial charge < -0.3 is 16.0 Å². The topological polar surface area (TPSA) is 58.4 Å². The fourth-order valence-electron chi connectivity index (χ4n) is 1.48. The first-order chi connectivity index (χ1) is 7.99. The van der Waals surface area contributed by atoms with Crippen LogP contribution in [0.3, 0.4) is 0 Å². The Kier molecular flexibility index (Phi) is 5.12. The van der Waals surface area contributed by atoms with Gasteiger partial charge in [0.25, 0.3) is 0 Å². The lowest BCUT2D eigenvalue weighted by Crippen LogP contribution is -2.37. The van der Waals surface area contributed by atoms with Gasteiger partial charge in [0.05, 0.1) is 6.04 Å². The molecule has 0 aliphatic rings. The highest BCUT2D eigenvalue weighted by atomic mass is 16.2. The number of amides is 1. The van der Waals surface area contributed by atoms with Crippen LogP contribution >= 0.6 is 0 Å². The summed E-state index contributed by atoms with van der Waals surface area (Å²) in [4.78, 5) is 13.4. The van der Waals surface area contributed by atoms with E-state index in [1.54, 1.807) is 6.92 Å². The summed E-state index contributed by atoms with van der Waals surface area (Å²) in [6.07, 6.45) is 0. The molecule has 0 spiro atoms. The maximum absolute atomic E-state index is 11.3. The molecule has 0 saturated heterocycles. The van der Waals surface area contributed by atoms with Crippen LogP contribution in [0.4, 0.5) is 0 Å². The quantitative estimate of drug-likeness (QED) is 0.790. The molecule has 0 aliphatic carbocycles. The van der Waals surface area contributed by atoms with Gasteiger partial charge in [-0.1, -0.05) is 24.3 Å². The monoisotopic (exact) mass is 235 g/mol. The predicted octanol–water partition coefficient (Wildman–Crippen LogP) is 0.712. The first kappa shape index (κ1) is 13.7. The summed E-state index contributed by atoms with van der Waals surface area (Å²) in [6, 6.07) is 7.75. The molecule has 0 saturated carbocycles. The standard InChI is InChI=1S/C13H21N3O/c1-10(14)13(17)15-8-11-4-6-12(7-5-11)9-16(2)3/h4-7,10H,8-9,14H2,1-3H3,(H,15,17)/t10-/m1/s1. The van der Waals surface area contributed by atoms with Gasteiger partial charge in [-0.2, -0.15) is 0 Å². The molecule has 1 rings (SSSR count). The van der Waals surface area contributed by atoms with Crippen LogP contribution in [0.2, 0.25) is 0 Å². The highest BCUT2D eigenvalue weighted by molar-refractivity contribution is 5.80. The third-order valence-electron chi connectivity index (χ3n) is 2.40. The van der Waals surface area contributed by atoms with Crippen molar-refractivity contribution in [2.24, 2.45) is 5.73 Å². The minimum Gasteiger partial charge on any atom is -0.351 e. The van der Waals surface area contributed by atoms with E-state index in [4.69, 9.17) is 5.73 Å². The zero-order chi connectivity index (χ0) is 12.8. The second-order valence-electron chi connectivity index (χ2n) is 4.56. The number of nitrogens with one attached hydrogen (secondary N) is 1. The van der Waals surface area contributed by atoms with Gasteiger partial charge in [-0.15, -0.1) is 0 Å². The molecule has 0 aliphatic heterocycles. The number of rotatable bonds is 5. The average Bonchev–Trinajstić information content (AvgIpc) is 2.26. The van der Waals surface area contributed by atoms with Gasteiger partial charge in [0.1, 0.15) is 0 Å². The Morgan fingerprint density at radius 2 is 1.82 bits per heavy atom. The Morgan fingerprint density at radius 3 is 2.29 bits per heavy atom. The molecule has 0 radical (unpaired) electrons. The Balaban J connectivity index is 2.48. The summed E-state index contributed by atoms with van der Waals surface area (Å²) < 4.78 is 0. The van der Waals surface area contributed by atoms with Crippen LogP contribution in [0.5, 0.6) is 0 Å². The average molecular weight is 235 g/mol. The molecule has 3 N–H and O–H groups in total. The molecule has 4 heteroatoms. The molecule has 1 atom stereocenters. The number of hydrogen-bond acceptors (Lipinski definition) is 3. The zero-order valence-electron chi connectivity index (χ0n) is 10.7. The smallest absolute Gasteiger partial charge is 0.236 e. The number of nitrogens with zero attached hydrogens (tertiary/aromatic N) is 1. The maximum atomic E-state index is 11.3. The van der Waals surface area contributed by atoms with Gasteiger partial charge in [0, 0.05) is 13.1 Å². The van der Waals surface area contributed by atoms with Gasteiger partial charge in [-0.25, -0.2) is 0 Å². The molecular weight excluding hydrogens is 214 g/mol.